The average molecular weight is 391 g/mol. The molecule has 27 heavy (non-hydrogen) atoms. The summed E-state index contributed by atoms with van der Waals surface area (Å²) in [6.45, 7) is 7.55. The maximum atomic E-state index is 13.2. The van der Waals surface area contributed by atoms with Crippen LogP contribution in [0.1, 0.15) is 35.3 Å². The van der Waals surface area contributed by atoms with E-state index in [2.05, 4.69) is 0 Å². The minimum Gasteiger partial charge on any atom is -0.496 e. The SMILES string of the molecule is CCOC(=O)c1ccc(C)c(N(CC)S(=O)(=O)c2ccc(OC)c(C)c2)c1. The van der Waals surface area contributed by atoms with Crippen molar-refractivity contribution in [3.05, 3.63) is 53.1 Å². The molecular formula is C20H25NO5S. The summed E-state index contributed by atoms with van der Waals surface area (Å²) in [5.74, 6) is 0.144. The second-order valence-electron chi connectivity index (χ2n) is 6.02. The average Bonchev–Trinajstić information content (AvgIpc) is 2.63. The number of aryl methyl sites for hydroxylation is 2. The van der Waals surface area contributed by atoms with Crippen LogP contribution < -0.4 is 9.04 Å². The van der Waals surface area contributed by atoms with Crippen molar-refractivity contribution in [2.24, 2.45) is 0 Å². The Bertz CT molecular complexity index is 937. The fourth-order valence-electron chi connectivity index (χ4n) is 2.83. The van der Waals surface area contributed by atoms with Gasteiger partial charge in [0, 0.05) is 6.54 Å². The van der Waals surface area contributed by atoms with Gasteiger partial charge in [-0.3, -0.25) is 4.31 Å². The summed E-state index contributed by atoms with van der Waals surface area (Å²) in [5, 5.41) is 0. The van der Waals surface area contributed by atoms with Gasteiger partial charge in [0.15, 0.2) is 0 Å². The first-order chi connectivity index (χ1) is 12.8. The Morgan fingerprint density at radius 2 is 1.74 bits per heavy atom. The molecule has 0 saturated carbocycles. The van der Waals surface area contributed by atoms with Crippen molar-refractivity contribution in [2.45, 2.75) is 32.6 Å². The standard InChI is InChI=1S/C20H25NO5S/c1-6-21(18-13-16(9-8-14(18)3)20(22)26-7-2)27(23,24)17-10-11-19(25-5)15(4)12-17/h8-13H,6-7H2,1-5H3. The highest BCUT2D eigenvalue weighted by atomic mass is 32.2. The third-order valence-corrected chi connectivity index (χ3v) is 6.12. The molecule has 146 valence electrons. The van der Waals surface area contributed by atoms with Crippen LogP contribution in [-0.4, -0.2) is 34.6 Å². The zero-order valence-corrected chi connectivity index (χ0v) is 17.1. The van der Waals surface area contributed by atoms with E-state index in [1.807, 2.05) is 6.92 Å². The lowest BCUT2D eigenvalue weighted by atomic mass is 10.1. The number of anilines is 1. The van der Waals surface area contributed by atoms with Crippen molar-refractivity contribution < 1.29 is 22.7 Å². The molecule has 0 aromatic heterocycles. The Labute approximate surface area is 160 Å². The number of ether oxygens (including phenoxy) is 2. The molecule has 0 amide bonds. The second kappa shape index (κ2) is 8.43. The number of rotatable bonds is 7. The summed E-state index contributed by atoms with van der Waals surface area (Å²) in [6, 6.07) is 9.66. The highest BCUT2D eigenvalue weighted by Crippen LogP contribution is 2.30. The van der Waals surface area contributed by atoms with E-state index in [4.69, 9.17) is 9.47 Å². The number of carbonyl (C=O) groups excluding carboxylic acids is 1. The molecule has 0 aliphatic rings. The maximum absolute atomic E-state index is 13.2. The van der Waals surface area contributed by atoms with Crippen molar-refractivity contribution in [3.8, 4) is 5.75 Å². The zero-order chi connectivity index (χ0) is 20.2. The molecule has 0 N–H and O–H groups in total. The largest absolute Gasteiger partial charge is 0.496 e. The van der Waals surface area contributed by atoms with Crippen LogP contribution in [0.3, 0.4) is 0 Å². The van der Waals surface area contributed by atoms with Crippen molar-refractivity contribution in [2.75, 3.05) is 24.6 Å². The Kier molecular flexibility index (Phi) is 6.49. The summed E-state index contributed by atoms with van der Waals surface area (Å²) < 4.78 is 38.0. The van der Waals surface area contributed by atoms with Crippen LogP contribution in [0.15, 0.2) is 41.3 Å². The van der Waals surface area contributed by atoms with Gasteiger partial charge in [-0.25, -0.2) is 13.2 Å². The van der Waals surface area contributed by atoms with E-state index in [0.29, 0.717) is 17.0 Å². The van der Waals surface area contributed by atoms with Crippen LogP contribution >= 0.6 is 0 Å². The number of sulfonamides is 1. The van der Waals surface area contributed by atoms with Crippen LogP contribution in [0.2, 0.25) is 0 Å². The maximum Gasteiger partial charge on any atom is 0.338 e. The smallest absolute Gasteiger partial charge is 0.338 e. The van der Waals surface area contributed by atoms with Gasteiger partial charge in [-0.15, -0.1) is 0 Å². The molecule has 2 aromatic rings. The van der Waals surface area contributed by atoms with Crippen molar-refractivity contribution in [1.82, 2.24) is 0 Å². The first-order valence-corrected chi connectivity index (χ1v) is 10.1. The highest BCUT2D eigenvalue weighted by Gasteiger charge is 2.26. The fraction of sp³-hybridized carbons (Fsp3) is 0.350. The molecular weight excluding hydrogens is 366 g/mol. The van der Waals surface area contributed by atoms with E-state index >= 15 is 0 Å². The molecule has 7 heteroatoms. The molecule has 0 heterocycles. The van der Waals surface area contributed by atoms with Gasteiger partial charge in [-0.1, -0.05) is 6.07 Å². The Morgan fingerprint density at radius 3 is 2.30 bits per heavy atom. The molecule has 2 rings (SSSR count). The Hall–Kier alpha value is -2.54. The first kappa shape index (κ1) is 20.8. The minimum absolute atomic E-state index is 0.170. The molecule has 0 aliphatic heterocycles. The lowest BCUT2D eigenvalue weighted by Gasteiger charge is -2.25. The topological polar surface area (TPSA) is 72.9 Å². The molecule has 0 fully saturated rings. The molecule has 0 aliphatic carbocycles. The van der Waals surface area contributed by atoms with Gasteiger partial charge in [0.05, 0.1) is 29.9 Å². The van der Waals surface area contributed by atoms with Crippen molar-refractivity contribution in [1.29, 1.82) is 0 Å². The summed E-state index contributed by atoms with van der Waals surface area (Å²) in [5.41, 5.74) is 2.25. The van der Waals surface area contributed by atoms with Gasteiger partial charge in [0.2, 0.25) is 0 Å². The summed E-state index contributed by atoms with van der Waals surface area (Å²) in [6.07, 6.45) is 0. The number of carbonyl (C=O) groups is 1. The molecule has 0 bridgehead atoms. The molecule has 2 aromatic carbocycles. The van der Waals surface area contributed by atoms with E-state index in [1.54, 1.807) is 58.2 Å². The van der Waals surface area contributed by atoms with Crippen molar-refractivity contribution in [3.63, 3.8) is 0 Å². The Balaban J connectivity index is 2.53. The lowest BCUT2D eigenvalue weighted by Crippen LogP contribution is -2.31. The van der Waals surface area contributed by atoms with Gasteiger partial charge in [-0.2, -0.15) is 0 Å². The zero-order valence-electron chi connectivity index (χ0n) is 16.3. The van der Waals surface area contributed by atoms with Gasteiger partial charge >= 0.3 is 5.97 Å². The number of methoxy groups -OCH3 is 1. The normalized spacial score (nSPS) is 11.1. The number of hydrogen-bond acceptors (Lipinski definition) is 5. The summed E-state index contributed by atoms with van der Waals surface area (Å²) in [4.78, 5) is 12.2. The number of esters is 1. The van der Waals surface area contributed by atoms with E-state index in [1.165, 1.54) is 10.4 Å². The third-order valence-electron chi connectivity index (χ3n) is 4.23. The quantitative estimate of drug-likeness (QED) is 0.673. The summed E-state index contributed by atoms with van der Waals surface area (Å²) in [7, 11) is -2.26. The van der Waals surface area contributed by atoms with Crippen LogP contribution in [0.5, 0.6) is 5.75 Å². The van der Waals surface area contributed by atoms with Crippen molar-refractivity contribution >= 4 is 21.7 Å². The molecule has 0 atom stereocenters. The van der Waals surface area contributed by atoms with Crippen LogP contribution in [0.4, 0.5) is 5.69 Å². The van der Waals surface area contributed by atoms with Gasteiger partial charge in [0.1, 0.15) is 5.75 Å². The Morgan fingerprint density at radius 1 is 1.04 bits per heavy atom. The minimum atomic E-state index is -3.80. The van der Waals surface area contributed by atoms with E-state index in [0.717, 1.165) is 11.1 Å². The van der Waals surface area contributed by atoms with Gasteiger partial charge in [-0.05, 0) is 69.2 Å². The molecule has 0 radical (unpaired) electrons. The van der Waals surface area contributed by atoms with E-state index in [9.17, 15) is 13.2 Å². The number of nitrogens with zero attached hydrogens (tertiary/aromatic N) is 1. The first-order valence-electron chi connectivity index (χ1n) is 8.71. The second-order valence-corrected chi connectivity index (χ2v) is 7.89. The third kappa shape index (κ3) is 4.24. The molecule has 0 saturated heterocycles. The molecule has 0 unspecified atom stereocenters. The lowest BCUT2D eigenvalue weighted by molar-refractivity contribution is 0.0526. The number of benzene rings is 2. The predicted octanol–water partition coefficient (Wildman–Crippen LogP) is 3.70. The predicted molar refractivity (Wildman–Crippen MR) is 105 cm³/mol. The van der Waals surface area contributed by atoms with E-state index < -0.39 is 16.0 Å². The van der Waals surface area contributed by atoms with Gasteiger partial charge < -0.3 is 9.47 Å². The molecule has 6 nitrogen and oxygen atoms in total. The van der Waals surface area contributed by atoms with Crippen LogP contribution in [-0.2, 0) is 14.8 Å². The monoisotopic (exact) mass is 391 g/mol. The highest BCUT2D eigenvalue weighted by molar-refractivity contribution is 7.92. The van der Waals surface area contributed by atoms with E-state index in [-0.39, 0.29) is 18.0 Å². The van der Waals surface area contributed by atoms with Crippen LogP contribution in [0, 0.1) is 13.8 Å². The fourth-order valence-corrected chi connectivity index (χ4v) is 4.44. The number of hydrogen-bond donors (Lipinski definition) is 0. The summed E-state index contributed by atoms with van der Waals surface area (Å²) >= 11 is 0. The molecule has 0 spiro atoms. The van der Waals surface area contributed by atoms with Crippen LogP contribution in [0.25, 0.3) is 0 Å². The van der Waals surface area contributed by atoms with Gasteiger partial charge in [0.25, 0.3) is 10.0 Å².